The Kier molecular flexibility index (Phi) is 4.21. The number of rotatable bonds is 4. The number of nitrogens with zero attached hydrogens (tertiary/aromatic N) is 1. The molecule has 2 atom stereocenters. The number of sulfonamides is 1. The first-order valence-electron chi connectivity index (χ1n) is 5.70. The van der Waals surface area contributed by atoms with Crippen LogP contribution in [0.25, 0.3) is 0 Å². The second kappa shape index (κ2) is 5.52. The van der Waals surface area contributed by atoms with Gasteiger partial charge in [-0.05, 0) is 19.4 Å². The van der Waals surface area contributed by atoms with E-state index in [0.717, 1.165) is 6.42 Å². The summed E-state index contributed by atoms with van der Waals surface area (Å²) < 4.78 is 32.2. The van der Waals surface area contributed by atoms with Crippen LogP contribution in [0.5, 0.6) is 0 Å². The largest absolute Gasteiger partial charge is 0.381 e. The monoisotopic (exact) mass is 290 g/mol. The molecule has 1 aromatic heterocycles. The van der Waals surface area contributed by atoms with Gasteiger partial charge in [-0.1, -0.05) is 11.6 Å². The fourth-order valence-electron chi connectivity index (χ4n) is 1.91. The fourth-order valence-corrected chi connectivity index (χ4v) is 3.66. The van der Waals surface area contributed by atoms with Gasteiger partial charge in [-0.15, -0.1) is 0 Å². The third-order valence-corrected chi connectivity index (χ3v) is 5.06. The summed E-state index contributed by atoms with van der Waals surface area (Å²) in [5.41, 5.74) is 0. The molecule has 18 heavy (non-hydrogen) atoms. The molecular formula is C11H15ClN2O3S. The zero-order valence-corrected chi connectivity index (χ0v) is 11.5. The van der Waals surface area contributed by atoms with Gasteiger partial charge in [-0.3, -0.25) is 4.98 Å². The SMILES string of the molecule is CC(NS(=O)(=O)c1cnccc1Cl)C1CCOC1. The Morgan fingerprint density at radius 2 is 2.39 bits per heavy atom. The Labute approximate surface area is 112 Å². The molecule has 0 spiro atoms. The molecule has 0 bridgehead atoms. The van der Waals surface area contributed by atoms with Crippen molar-refractivity contribution < 1.29 is 13.2 Å². The number of ether oxygens (including phenoxy) is 1. The van der Waals surface area contributed by atoms with E-state index in [9.17, 15) is 8.42 Å². The Balaban J connectivity index is 2.14. The zero-order chi connectivity index (χ0) is 13.2. The van der Waals surface area contributed by atoms with Crippen LogP contribution >= 0.6 is 11.6 Å². The second-order valence-electron chi connectivity index (χ2n) is 4.34. The van der Waals surface area contributed by atoms with E-state index in [0.29, 0.717) is 13.2 Å². The highest BCUT2D eigenvalue weighted by Gasteiger charge is 2.27. The lowest BCUT2D eigenvalue weighted by atomic mass is 10.0. The number of halogens is 1. The number of hydrogen-bond acceptors (Lipinski definition) is 4. The molecule has 0 amide bonds. The van der Waals surface area contributed by atoms with Crippen molar-refractivity contribution in [3.05, 3.63) is 23.5 Å². The van der Waals surface area contributed by atoms with Gasteiger partial charge < -0.3 is 4.74 Å². The minimum atomic E-state index is -3.63. The number of hydrogen-bond donors (Lipinski definition) is 1. The predicted octanol–water partition coefficient (Wildman–Crippen LogP) is 1.44. The van der Waals surface area contributed by atoms with Gasteiger partial charge in [0.25, 0.3) is 0 Å². The van der Waals surface area contributed by atoms with Gasteiger partial charge in [-0.25, -0.2) is 13.1 Å². The Morgan fingerprint density at radius 1 is 1.61 bits per heavy atom. The summed E-state index contributed by atoms with van der Waals surface area (Å²) >= 11 is 5.87. The van der Waals surface area contributed by atoms with Crippen LogP contribution < -0.4 is 4.72 Å². The van der Waals surface area contributed by atoms with Gasteiger partial charge in [0.1, 0.15) is 4.90 Å². The first kappa shape index (κ1) is 13.7. The predicted molar refractivity (Wildman–Crippen MR) is 68.0 cm³/mol. The van der Waals surface area contributed by atoms with Crippen molar-refractivity contribution in [2.24, 2.45) is 5.92 Å². The third-order valence-electron chi connectivity index (χ3n) is 3.04. The molecule has 0 saturated carbocycles. The van der Waals surface area contributed by atoms with Crippen LogP contribution in [-0.4, -0.2) is 32.7 Å². The molecule has 0 radical (unpaired) electrons. The molecule has 2 heterocycles. The van der Waals surface area contributed by atoms with Crippen molar-refractivity contribution in [1.82, 2.24) is 9.71 Å². The van der Waals surface area contributed by atoms with Gasteiger partial charge in [0.2, 0.25) is 10.0 Å². The van der Waals surface area contributed by atoms with Gasteiger partial charge in [-0.2, -0.15) is 0 Å². The zero-order valence-electron chi connectivity index (χ0n) is 9.97. The molecule has 1 aliphatic rings. The summed E-state index contributed by atoms with van der Waals surface area (Å²) in [6.45, 7) is 3.11. The third kappa shape index (κ3) is 3.00. The Bertz CT molecular complexity index is 515. The lowest BCUT2D eigenvalue weighted by molar-refractivity contribution is 0.180. The van der Waals surface area contributed by atoms with Crippen LogP contribution in [0.1, 0.15) is 13.3 Å². The van der Waals surface area contributed by atoms with Crippen LogP contribution in [0.2, 0.25) is 5.02 Å². The van der Waals surface area contributed by atoms with E-state index in [4.69, 9.17) is 16.3 Å². The van der Waals surface area contributed by atoms with Crippen molar-refractivity contribution in [2.45, 2.75) is 24.3 Å². The van der Waals surface area contributed by atoms with Gasteiger partial charge in [0, 0.05) is 31.0 Å². The lowest BCUT2D eigenvalue weighted by Crippen LogP contribution is -2.38. The van der Waals surface area contributed by atoms with E-state index in [2.05, 4.69) is 9.71 Å². The van der Waals surface area contributed by atoms with Crippen molar-refractivity contribution >= 4 is 21.6 Å². The van der Waals surface area contributed by atoms with Gasteiger partial charge >= 0.3 is 0 Å². The summed E-state index contributed by atoms with van der Waals surface area (Å²) in [5, 5.41) is 0.173. The normalized spacial score (nSPS) is 22.0. The van der Waals surface area contributed by atoms with Crippen LogP contribution in [-0.2, 0) is 14.8 Å². The van der Waals surface area contributed by atoms with Crippen molar-refractivity contribution in [3.63, 3.8) is 0 Å². The highest BCUT2D eigenvalue weighted by atomic mass is 35.5. The van der Waals surface area contributed by atoms with Crippen LogP contribution in [0.4, 0.5) is 0 Å². The lowest BCUT2D eigenvalue weighted by Gasteiger charge is -2.19. The molecule has 7 heteroatoms. The maximum absolute atomic E-state index is 12.1. The summed E-state index contributed by atoms with van der Waals surface area (Å²) in [7, 11) is -3.63. The fraction of sp³-hybridized carbons (Fsp3) is 0.545. The molecule has 1 saturated heterocycles. The molecule has 1 aromatic rings. The van der Waals surface area contributed by atoms with E-state index in [1.165, 1.54) is 18.5 Å². The molecular weight excluding hydrogens is 276 g/mol. The van der Waals surface area contributed by atoms with E-state index in [-0.39, 0.29) is 21.9 Å². The minimum Gasteiger partial charge on any atom is -0.381 e. The topological polar surface area (TPSA) is 68.3 Å². The molecule has 5 nitrogen and oxygen atoms in total. The maximum atomic E-state index is 12.1. The Morgan fingerprint density at radius 3 is 3.00 bits per heavy atom. The summed E-state index contributed by atoms with van der Waals surface area (Å²) in [6, 6.07) is 1.27. The molecule has 1 fully saturated rings. The average molecular weight is 291 g/mol. The van der Waals surface area contributed by atoms with Crippen molar-refractivity contribution in [1.29, 1.82) is 0 Å². The van der Waals surface area contributed by atoms with Crippen molar-refractivity contribution in [2.75, 3.05) is 13.2 Å². The van der Waals surface area contributed by atoms with E-state index in [1.807, 2.05) is 6.92 Å². The number of pyridine rings is 1. The smallest absolute Gasteiger partial charge is 0.243 e. The van der Waals surface area contributed by atoms with E-state index >= 15 is 0 Å². The first-order valence-corrected chi connectivity index (χ1v) is 7.56. The standard InChI is InChI=1S/C11H15ClN2O3S/c1-8(9-3-5-17-7-9)14-18(15,16)11-6-13-4-2-10(11)12/h2,4,6,8-9,14H,3,5,7H2,1H3. The maximum Gasteiger partial charge on any atom is 0.243 e. The molecule has 2 rings (SSSR count). The van der Waals surface area contributed by atoms with Crippen LogP contribution in [0.15, 0.2) is 23.4 Å². The Hall–Kier alpha value is -0.690. The van der Waals surface area contributed by atoms with E-state index < -0.39 is 10.0 Å². The molecule has 1 aliphatic heterocycles. The highest BCUT2D eigenvalue weighted by Crippen LogP contribution is 2.22. The minimum absolute atomic E-state index is 0.0115. The summed E-state index contributed by atoms with van der Waals surface area (Å²) in [4.78, 5) is 3.80. The van der Waals surface area contributed by atoms with Gasteiger partial charge in [0.05, 0.1) is 11.6 Å². The molecule has 0 aromatic carbocycles. The molecule has 1 N–H and O–H groups in total. The molecule has 100 valence electrons. The molecule has 0 aliphatic carbocycles. The highest BCUT2D eigenvalue weighted by molar-refractivity contribution is 7.89. The van der Waals surface area contributed by atoms with Crippen molar-refractivity contribution in [3.8, 4) is 0 Å². The van der Waals surface area contributed by atoms with Gasteiger partial charge in [0.15, 0.2) is 0 Å². The summed E-state index contributed by atoms with van der Waals surface area (Å²) in [6.07, 6.45) is 3.57. The van der Waals surface area contributed by atoms with E-state index in [1.54, 1.807) is 0 Å². The second-order valence-corrected chi connectivity index (χ2v) is 6.43. The number of nitrogens with one attached hydrogen (secondary N) is 1. The molecule has 2 unspecified atom stereocenters. The average Bonchev–Trinajstić information content (AvgIpc) is 2.82. The van der Waals surface area contributed by atoms with Crippen LogP contribution in [0, 0.1) is 5.92 Å². The summed E-state index contributed by atoms with van der Waals surface area (Å²) in [5.74, 6) is 0.204. The first-order chi connectivity index (χ1) is 8.50. The van der Waals surface area contributed by atoms with Crippen LogP contribution in [0.3, 0.4) is 0 Å². The quantitative estimate of drug-likeness (QED) is 0.911. The number of aromatic nitrogens is 1.